The van der Waals surface area contributed by atoms with Crippen molar-refractivity contribution < 1.29 is 28.6 Å². The summed E-state index contributed by atoms with van der Waals surface area (Å²) in [6.45, 7) is 9.94. The molecule has 6 heteroatoms. The van der Waals surface area contributed by atoms with Crippen molar-refractivity contribution in [3.05, 3.63) is 47.5 Å². The molecule has 0 rings (SSSR count). The van der Waals surface area contributed by atoms with Gasteiger partial charge in [-0.05, 0) is 39.7 Å². The van der Waals surface area contributed by atoms with E-state index in [1.807, 2.05) is 13.0 Å². The molecule has 0 N–H and O–H groups in total. The topological polar surface area (TPSA) is 78.9 Å². The molecule has 0 aliphatic carbocycles. The molecule has 0 amide bonds. The highest BCUT2D eigenvalue weighted by molar-refractivity contribution is 5.68. The number of esters is 3. The highest BCUT2D eigenvalue weighted by atomic mass is 16.5. The molecule has 0 radical (unpaired) electrons. The van der Waals surface area contributed by atoms with Crippen LogP contribution < -0.4 is 0 Å². The van der Waals surface area contributed by atoms with E-state index >= 15 is 0 Å². The quantitative estimate of drug-likeness (QED) is 0.183. The second-order valence-electron chi connectivity index (χ2n) is 6.34. The van der Waals surface area contributed by atoms with Crippen molar-refractivity contribution in [1.82, 2.24) is 0 Å². The van der Waals surface area contributed by atoms with E-state index in [9.17, 15) is 14.4 Å². The average Bonchev–Trinajstić information content (AvgIpc) is 2.53. The van der Waals surface area contributed by atoms with Gasteiger partial charge in [-0.25, -0.2) is 0 Å². The van der Waals surface area contributed by atoms with Crippen LogP contribution in [-0.4, -0.2) is 24.0 Å². The first-order valence-electron chi connectivity index (χ1n) is 8.79. The van der Waals surface area contributed by atoms with Gasteiger partial charge in [0.05, 0.1) is 6.26 Å². The number of allylic oxidation sites excluding steroid dienone is 3. The van der Waals surface area contributed by atoms with Crippen molar-refractivity contribution in [2.75, 3.05) is 0 Å². The van der Waals surface area contributed by atoms with E-state index in [-0.39, 0.29) is 0 Å². The molecule has 0 aromatic carbocycles. The van der Waals surface area contributed by atoms with Gasteiger partial charge in [-0.3, -0.25) is 14.4 Å². The fourth-order valence-corrected chi connectivity index (χ4v) is 2.03. The minimum Gasteiger partial charge on any atom is -0.457 e. The van der Waals surface area contributed by atoms with Crippen molar-refractivity contribution in [2.24, 2.45) is 0 Å². The van der Waals surface area contributed by atoms with E-state index in [0.29, 0.717) is 12.0 Å². The Balaban J connectivity index is 5.34. The number of rotatable bonds is 10. The lowest BCUT2D eigenvalue weighted by Gasteiger charge is -2.17. The molecule has 0 aliphatic heterocycles. The van der Waals surface area contributed by atoms with Crippen LogP contribution >= 0.6 is 0 Å². The van der Waals surface area contributed by atoms with Crippen LogP contribution in [0.3, 0.4) is 0 Å². The molecule has 0 aromatic rings. The van der Waals surface area contributed by atoms with Crippen LogP contribution in [0.1, 0.15) is 60.8 Å². The fraction of sp³-hybridized carbons (Fsp3) is 0.476. The van der Waals surface area contributed by atoms with Crippen LogP contribution in [0, 0.1) is 0 Å². The lowest BCUT2D eigenvalue weighted by molar-refractivity contribution is -0.144. The molecule has 0 fully saturated rings. The molecule has 1 atom stereocenters. The predicted molar refractivity (Wildman–Crippen MR) is 103 cm³/mol. The zero-order chi connectivity index (χ0) is 20.8. The van der Waals surface area contributed by atoms with Gasteiger partial charge in [-0.15, -0.1) is 0 Å². The monoisotopic (exact) mass is 378 g/mol. The number of ether oxygens (including phenoxy) is 3. The summed E-state index contributed by atoms with van der Waals surface area (Å²) >= 11 is 0. The molecule has 0 spiro atoms. The standard InChI is InChI=1S/C21H30O6/c1-15(2)8-7-9-16(3)10-11-21(27-19(6)24)20(14-26-18(5)23)12-13-25-17(4)22/h8,10,12-14,21H,7,9,11H2,1-6H3/b13-12+,16-10+,20-14-/t21-/m0/s1. The average molecular weight is 378 g/mol. The third kappa shape index (κ3) is 14.2. The summed E-state index contributed by atoms with van der Waals surface area (Å²) in [5.74, 6) is -1.47. The SMILES string of the molecule is CC(=O)O/C=C(/C=C/OC(C)=O)[C@H](C/C=C(\C)CCC=C(C)C)OC(C)=O. The Morgan fingerprint density at radius 3 is 2.00 bits per heavy atom. The molecule has 0 aliphatic rings. The van der Waals surface area contributed by atoms with Gasteiger partial charge >= 0.3 is 17.9 Å². The van der Waals surface area contributed by atoms with E-state index in [2.05, 4.69) is 19.9 Å². The van der Waals surface area contributed by atoms with Crippen molar-refractivity contribution in [3.63, 3.8) is 0 Å². The predicted octanol–water partition coefficient (Wildman–Crippen LogP) is 4.52. The summed E-state index contributed by atoms with van der Waals surface area (Å²) in [7, 11) is 0. The Kier molecular flexibility index (Phi) is 12.2. The minimum atomic E-state index is -0.674. The van der Waals surface area contributed by atoms with Gasteiger partial charge in [0.1, 0.15) is 12.4 Å². The molecule has 6 nitrogen and oxygen atoms in total. The van der Waals surface area contributed by atoms with Gasteiger partial charge in [0.25, 0.3) is 0 Å². The Bertz CT molecular complexity index is 633. The summed E-state index contributed by atoms with van der Waals surface area (Å²) in [5, 5.41) is 0. The number of carbonyl (C=O) groups is 3. The summed E-state index contributed by atoms with van der Waals surface area (Å²) in [4.78, 5) is 33.5. The zero-order valence-electron chi connectivity index (χ0n) is 17.0. The third-order valence-corrected chi connectivity index (χ3v) is 3.31. The van der Waals surface area contributed by atoms with E-state index in [0.717, 1.165) is 18.4 Å². The van der Waals surface area contributed by atoms with Crippen LogP contribution in [0.15, 0.2) is 47.5 Å². The van der Waals surface area contributed by atoms with Crippen LogP contribution in [0.5, 0.6) is 0 Å². The summed E-state index contributed by atoms with van der Waals surface area (Å²) in [6.07, 6.45) is 9.49. The second kappa shape index (κ2) is 13.6. The van der Waals surface area contributed by atoms with Crippen LogP contribution in [0.25, 0.3) is 0 Å². The molecule has 0 saturated heterocycles. The van der Waals surface area contributed by atoms with Gasteiger partial charge < -0.3 is 14.2 Å². The Hall–Kier alpha value is -2.63. The van der Waals surface area contributed by atoms with Gasteiger partial charge in [0, 0.05) is 32.8 Å². The lowest BCUT2D eigenvalue weighted by atomic mass is 10.0. The van der Waals surface area contributed by atoms with Gasteiger partial charge in [0.2, 0.25) is 0 Å². The Morgan fingerprint density at radius 2 is 1.48 bits per heavy atom. The second-order valence-corrected chi connectivity index (χ2v) is 6.34. The summed E-state index contributed by atoms with van der Waals surface area (Å²) in [6, 6.07) is 0. The molecular weight excluding hydrogens is 348 g/mol. The van der Waals surface area contributed by atoms with Crippen molar-refractivity contribution in [2.45, 2.75) is 66.9 Å². The first kappa shape index (κ1) is 24.4. The highest BCUT2D eigenvalue weighted by Gasteiger charge is 2.16. The van der Waals surface area contributed by atoms with Crippen LogP contribution in [0.4, 0.5) is 0 Å². The molecule has 0 saturated carbocycles. The maximum atomic E-state index is 11.5. The number of carbonyl (C=O) groups excluding carboxylic acids is 3. The van der Waals surface area contributed by atoms with E-state index < -0.39 is 24.0 Å². The normalized spacial score (nSPS) is 13.1. The van der Waals surface area contributed by atoms with E-state index in [1.54, 1.807) is 0 Å². The zero-order valence-corrected chi connectivity index (χ0v) is 17.0. The fourth-order valence-electron chi connectivity index (χ4n) is 2.03. The highest BCUT2D eigenvalue weighted by Crippen LogP contribution is 2.17. The number of hydrogen-bond donors (Lipinski definition) is 0. The molecular formula is C21H30O6. The first-order valence-corrected chi connectivity index (χ1v) is 8.79. The molecule has 0 heterocycles. The molecule has 27 heavy (non-hydrogen) atoms. The first-order chi connectivity index (χ1) is 12.6. The molecule has 0 bridgehead atoms. The van der Waals surface area contributed by atoms with Crippen molar-refractivity contribution >= 4 is 17.9 Å². The maximum absolute atomic E-state index is 11.5. The van der Waals surface area contributed by atoms with Crippen molar-refractivity contribution in [1.29, 1.82) is 0 Å². The Labute approximate surface area is 161 Å². The minimum absolute atomic E-state index is 0.398. The van der Waals surface area contributed by atoms with Crippen LogP contribution in [0.2, 0.25) is 0 Å². The summed E-state index contributed by atoms with van der Waals surface area (Å²) < 4.78 is 15.0. The smallest absolute Gasteiger partial charge is 0.307 e. The van der Waals surface area contributed by atoms with E-state index in [1.165, 1.54) is 44.9 Å². The van der Waals surface area contributed by atoms with Gasteiger partial charge in [-0.1, -0.05) is 23.3 Å². The van der Waals surface area contributed by atoms with Crippen molar-refractivity contribution in [3.8, 4) is 0 Å². The third-order valence-electron chi connectivity index (χ3n) is 3.31. The van der Waals surface area contributed by atoms with E-state index in [4.69, 9.17) is 14.2 Å². The maximum Gasteiger partial charge on any atom is 0.307 e. The van der Waals surface area contributed by atoms with Gasteiger partial charge in [0.15, 0.2) is 0 Å². The molecule has 150 valence electrons. The van der Waals surface area contributed by atoms with Crippen LogP contribution in [-0.2, 0) is 28.6 Å². The molecule has 0 unspecified atom stereocenters. The lowest BCUT2D eigenvalue weighted by Crippen LogP contribution is -2.18. The van der Waals surface area contributed by atoms with Gasteiger partial charge in [-0.2, -0.15) is 0 Å². The summed E-state index contributed by atoms with van der Waals surface area (Å²) in [5.41, 5.74) is 2.82. The molecule has 0 aromatic heterocycles. The number of hydrogen-bond acceptors (Lipinski definition) is 6. The largest absolute Gasteiger partial charge is 0.457 e. The Morgan fingerprint density at radius 1 is 0.852 bits per heavy atom.